The number of benzene rings is 3. The summed E-state index contributed by atoms with van der Waals surface area (Å²) in [5, 5.41) is 0.969. The van der Waals surface area contributed by atoms with Crippen LogP contribution in [0.3, 0.4) is 0 Å². The van der Waals surface area contributed by atoms with Crippen molar-refractivity contribution in [1.29, 1.82) is 0 Å². The third kappa shape index (κ3) is 6.53. The molecule has 1 aliphatic heterocycles. The fraction of sp³-hybridized carbons (Fsp3) is 0.154. The molecule has 3 aromatic rings. The molecule has 0 unspecified atom stereocenters. The lowest BCUT2D eigenvalue weighted by Gasteiger charge is -2.13. The highest BCUT2D eigenvalue weighted by Gasteiger charge is 2.34. The minimum absolute atomic E-state index is 0.165. The van der Waals surface area contributed by atoms with Crippen LogP contribution in [0.2, 0.25) is 15.1 Å². The largest absolute Gasteiger partial charge is 0.492 e. The Morgan fingerprint density at radius 2 is 1.66 bits per heavy atom. The van der Waals surface area contributed by atoms with Crippen molar-refractivity contribution < 1.29 is 19.1 Å². The zero-order valence-corrected chi connectivity index (χ0v) is 21.7. The first-order chi connectivity index (χ1) is 16.8. The normalized spacial score (nSPS) is 14.6. The van der Waals surface area contributed by atoms with Gasteiger partial charge in [0.1, 0.15) is 24.7 Å². The van der Waals surface area contributed by atoms with Gasteiger partial charge in [0.25, 0.3) is 11.1 Å². The van der Waals surface area contributed by atoms with Crippen molar-refractivity contribution in [2.24, 2.45) is 0 Å². The summed E-state index contributed by atoms with van der Waals surface area (Å²) >= 11 is 19.2. The number of thioether (sulfide) groups is 1. The van der Waals surface area contributed by atoms with Crippen LogP contribution in [-0.4, -0.2) is 29.2 Å². The molecule has 0 aromatic heterocycles. The second kappa shape index (κ2) is 11.4. The van der Waals surface area contributed by atoms with Crippen LogP contribution in [-0.2, 0) is 11.4 Å². The van der Waals surface area contributed by atoms with E-state index in [4.69, 9.17) is 44.3 Å². The summed E-state index contributed by atoms with van der Waals surface area (Å²) in [6, 6.07) is 18.0. The highest BCUT2D eigenvalue weighted by atomic mass is 35.5. The Kier molecular flexibility index (Phi) is 8.29. The summed E-state index contributed by atoms with van der Waals surface area (Å²) in [4.78, 5) is 26.6. The van der Waals surface area contributed by atoms with Crippen LogP contribution in [0.25, 0.3) is 6.08 Å². The van der Waals surface area contributed by atoms with E-state index >= 15 is 0 Å². The van der Waals surface area contributed by atoms with Gasteiger partial charge < -0.3 is 9.47 Å². The van der Waals surface area contributed by atoms with E-state index in [0.29, 0.717) is 37.0 Å². The van der Waals surface area contributed by atoms with Crippen molar-refractivity contribution in [2.45, 2.75) is 13.5 Å². The topological polar surface area (TPSA) is 55.8 Å². The molecule has 1 aliphatic rings. The Balaban J connectivity index is 1.36. The first kappa shape index (κ1) is 25.5. The maximum atomic E-state index is 12.8. The molecule has 0 N–H and O–H groups in total. The maximum Gasteiger partial charge on any atom is 0.293 e. The predicted octanol–water partition coefficient (Wildman–Crippen LogP) is 7.65. The van der Waals surface area contributed by atoms with Gasteiger partial charge in [-0.1, -0.05) is 64.6 Å². The van der Waals surface area contributed by atoms with Gasteiger partial charge >= 0.3 is 0 Å². The molecule has 35 heavy (non-hydrogen) atoms. The molecule has 0 aliphatic carbocycles. The van der Waals surface area contributed by atoms with Crippen molar-refractivity contribution in [3.8, 4) is 11.5 Å². The third-order valence-corrected chi connectivity index (χ3v) is 7.05. The molecular weight excluding hydrogens is 529 g/mol. The number of rotatable bonds is 8. The number of ether oxygens (including phenoxy) is 2. The summed E-state index contributed by atoms with van der Waals surface area (Å²) in [5.41, 5.74) is 2.65. The standard InChI is InChI=1S/C26H20Cl3NO4S/c1-16-2-6-19(7-3-16)33-11-10-30-25(31)24(35-26(30)32)14-17-5-9-23(22(29)12-17)34-15-18-4-8-20(27)21(28)13-18/h2-9,12-14H,10-11,15H2,1H3/b24-14-. The predicted molar refractivity (Wildman–Crippen MR) is 142 cm³/mol. The summed E-state index contributed by atoms with van der Waals surface area (Å²) < 4.78 is 11.4. The maximum absolute atomic E-state index is 12.8. The highest BCUT2D eigenvalue weighted by molar-refractivity contribution is 8.18. The van der Waals surface area contributed by atoms with E-state index in [0.717, 1.165) is 22.9 Å². The van der Waals surface area contributed by atoms with Gasteiger partial charge in [0.05, 0.1) is 26.5 Å². The zero-order chi connectivity index (χ0) is 24.9. The summed E-state index contributed by atoms with van der Waals surface area (Å²) in [5.74, 6) is 0.814. The molecule has 1 heterocycles. The number of halogens is 3. The van der Waals surface area contributed by atoms with Crippen molar-refractivity contribution in [3.05, 3.63) is 97.3 Å². The van der Waals surface area contributed by atoms with Gasteiger partial charge in [0, 0.05) is 0 Å². The Morgan fingerprint density at radius 1 is 0.886 bits per heavy atom. The molecule has 0 saturated carbocycles. The molecule has 0 bridgehead atoms. The molecule has 3 aromatic carbocycles. The van der Waals surface area contributed by atoms with E-state index in [-0.39, 0.29) is 30.9 Å². The lowest BCUT2D eigenvalue weighted by molar-refractivity contribution is -0.123. The van der Waals surface area contributed by atoms with Crippen LogP contribution in [0, 0.1) is 6.92 Å². The van der Waals surface area contributed by atoms with Crippen molar-refractivity contribution in [3.63, 3.8) is 0 Å². The Bertz CT molecular complexity index is 1290. The third-order valence-electron chi connectivity index (χ3n) is 5.11. The van der Waals surface area contributed by atoms with E-state index in [1.54, 1.807) is 36.4 Å². The second-order valence-electron chi connectivity index (χ2n) is 7.72. The van der Waals surface area contributed by atoms with Crippen LogP contribution in [0.5, 0.6) is 11.5 Å². The van der Waals surface area contributed by atoms with E-state index < -0.39 is 0 Å². The van der Waals surface area contributed by atoms with Crippen LogP contribution in [0.1, 0.15) is 16.7 Å². The fourth-order valence-electron chi connectivity index (χ4n) is 3.25. The average molecular weight is 549 g/mol. The number of nitrogens with zero attached hydrogens (tertiary/aromatic N) is 1. The molecule has 5 nitrogen and oxygen atoms in total. The van der Waals surface area contributed by atoms with E-state index in [9.17, 15) is 9.59 Å². The fourth-order valence-corrected chi connectivity index (χ4v) is 4.68. The number of amides is 2. The lowest BCUT2D eigenvalue weighted by Crippen LogP contribution is -2.32. The molecular formula is C26H20Cl3NO4S. The number of carbonyl (C=O) groups is 2. The van der Waals surface area contributed by atoms with Crippen LogP contribution < -0.4 is 9.47 Å². The molecule has 9 heteroatoms. The van der Waals surface area contributed by atoms with E-state index in [1.165, 1.54) is 4.90 Å². The summed E-state index contributed by atoms with van der Waals surface area (Å²) in [6.45, 7) is 2.63. The Hall–Kier alpha value is -2.64. The number of hydrogen-bond donors (Lipinski definition) is 0. The molecule has 4 rings (SSSR count). The number of carbonyl (C=O) groups excluding carboxylic acids is 2. The smallest absolute Gasteiger partial charge is 0.293 e. The van der Waals surface area contributed by atoms with Gasteiger partial charge in [-0.25, -0.2) is 0 Å². The van der Waals surface area contributed by atoms with Crippen LogP contribution in [0.15, 0.2) is 65.6 Å². The van der Waals surface area contributed by atoms with Crippen molar-refractivity contribution in [2.75, 3.05) is 13.2 Å². The molecule has 1 fully saturated rings. The minimum Gasteiger partial charge on any atom is -0.492 e. The first-order valence-corrected chi connectivity index (χ1v) is 12.6. The van der Waals surface area contributed by atoms with Gasteiger partial charge in [-0.15, -0.1) is 0 Å². The molecule has 180 valence electrons. The number of aryl methyl sites for hydroxylation is 1. The molecule has 1 saturated heterocycles. The Labute approximate surface area is 222 Å². The minimum atomic E-state index is -0.358. The van der Waals surface area contributed by atoms with Crippen molar-refractivity contribution >= 4 is 63.8 Å². The average Bonchev–Trinajstić information content (AvgIpc) is 3.09. The highest BCUT2D eigenvalue weighted by Crippen LogP contribution is 2.34. The van der Waals surface area contributed by atoms with Gasteiger partial charge in [0.15, 0.2) is 0 Å². The molecule has 0 spiro atoms. The molecule has 2 amide bonds. The Morgan fingerprint density at radius 3 is 2.37 bits per heavy atom. The number of imide groups is 1. The molecule has 0 radical (unpaired) electrons. The van der Waals surface area contributed by atoms with E-state index in [1.807, 2.05) is 37.3 Å². The second-order valence-corrected chi connectivity index (χ2v) is 9.94. The number of hydrogen-bond acceptors (Lipinski definition) is 5. The van der Waals surface area contributed by atoms with Gasteiger partial charge in [-0.05, 0) is 72.3 Å². The monoisotopic (exact) mass is 547 g/mol. The lowest BCUT2D eigenvalue weighted by atomic mass is 10.2. The SMILES string of the molecule is Cc1ccc(OCCN2C(=O)S/C(=C\c3ccc(OCc4ccc(Cl)c(Cl)c4)c(Cl)c3)C2=O)cc1. The van der Waals surface area contributed by atoms with E-state index in [2.05, 4.69) is 0 Å². The first-order valence-electron chi connectivity index (χ1n) is 10.6. The quantitative estimate of drug-likeness (QED) is 0.271. The zero-order valence-electron chi connectivity index (χ0n) is 18.6. The molecule has 0 atom stereocenters. The van der Waals surface area contributed by atoms with Gasteiger partial charge in [-0.2, -0.15) is 0 Å². The van der Waals surface area contributed by atoms with Crippen molar-refractivity contribution in [1.82, 2.24) is 4.90 Å². The van der Waals surface area contributed by atoms with Crippen LogP contribution >= 0.6 is 46.6 Å². The van der Waals surface area contributed by atoms with Gasteiger partial charge in [-0.3, -0.25) is 14.5 Å². The van der Waals surface area contributed by atoms with Gasteiger partial charge in [0.2, 0.25) is 0 Å². The summed E-state index contributed by atoms with van der Waals surface area (Å²) in [7, 11) is 0. The summed E-state index contributed by atoms with van der Waals surface area (Å²) in [6.07, 6.45) is 1.64. The van der Waals surface area contributed by atoms with Crippen LogP contribution in [0.4, 0.5) is 4.79 Å².